The van der Waals surface area contributed by atoms with Crippen LogP contribution in [0.15, 0.2) is 22.7 Å². The number of benzene rings is 1. The minimum Gasteiger partial charge on any atom is -0.271 e. The second-order valence-electron chi connectivity index (χ2n) is 4.69. The van der Waals surface area contributed by atoms with Crippen LogP contribution in [-0.2, 0) is 0 Å². The summed E-state index contributed by atoms with van der Waals surface area (Å²) in [5, 5.41) is 0. The number of nitrogens with one attached hydrogen (secondary N) is 1. The summed E-state index contributed by atoms with van der Waals surface area (Å²) in [6.07, 6.45) is 2.26. The van der Waals surface area contributed by atoms with Gasteiger partial charge in [-0.25, -0.2) is 0 Å². The fraction of sp³-hybridized carbons (Fsp3) is 0.538. The van der Waals surface area contributed by atoms with Crippen LogP contribution in [0.5, 0.6) is 0 Å². The predicted octanol–water partition coefficient (Wildman–Crippen LogP) is 3.70. The summed E-state index contributed by atoms with van der Waals surface area (Å²) in [6.45, 7) is 6.60. The Morgan fingerprint density at radius 2 is 2.00 bits per heavy atom. The molecule has 0 amide bonds. The topological polar surface area (TPSA) is 38.0 Å². The minimum absolute atomic E-state index is 0.250. The Labute approximate surface area is 107 Å². The van der Waals surface area contributed by atoms with E-state index in [4.69, 9.17) is 5.84 Å². The number of nitrogens with two attached hydrogens (primary N) is 1. The van der Waals surface area contributed by atoms with Crippen LogP contribution in [0.2, 0.25) is 0 Å². The highest BCUT2D eigenvalue weighted by molar-refractivity contribution is 9.10. The molecule has 0 aromatic heterocycles. The fourth-order valence-electron chi connectivity index (χ4n) is 1.82. The first-order valence-electron chi connectivity index (χ1n) is 5.76. The van der Waals surface area contributed by atoms with Crippen LogP contribution < -0.4 is 11.3 Å². The zero-order valence-electron chi connectivity index (χ0n) is 10.3. The zero-order chi connectivity index (χ0) is 12.1. The number of hydrogen-bond donors (Lipinski definition) is 2. The van der Waals surface area contributed by atoms with Crippen molar-refractivity contribution in [2.75, 3.05) is 0 Å². The lowest BCUT2D eigenvalue weighted by atomic mass is 9.95. The van der Waals surface area contributed by atoms with Crippen molar-refractivity contribution in [3.63, 3.8) is 0 Å². The zero-order valence-corrected chi connectivity index (χ0v) is 11.8. The van der Waals surface area contributed by atoms with E-state index >= 15 is 0 Å². The molecule has 0 radical (unpaired) electrons. The molecule has 0 aliphatic rings. The van der Waals surface area contributed by atoms with E-state index in [0.717, 1.165) is 10.9 Å². The molecule has 3 N–H and O–H groups in total. The number of aryl methyl sites for hydroxylation is 1. The Kier molecular flexibility index (Phi) is 5.46. The van der Waals surface area contributed by atoms with Crippen molar-refractivity contribution >= 4 is 15.9 Å². The second kappa shape index (κ2) is 6.38. The molecular weight excluding hydrogens is 264 g/mol. The highest BCUT2D eigenvalue weighted by atomic mass is 79.9. The van der Waals surface area contributed by atoms with Crippen molar-refractivity contribution in [3.8, 4) is 0 Å². The molecule has 1 rings (SSSR count). The van der Waals surface area contributed by atoms with Crippen LogP contribution in [0.4, 0.5) is 0 Å². The Morgan fingerprint density at radius 3 is 2.56 bits per heavy atom. The maximum absolute atomic E-state index is 5.64. The van der Waals surface area contributed by atoms with Gasteiger partial charge in [-0.2, -0.15) is 0 Å². The molecule has 2 nitrogen and oxygen atoms in total. The quantitative estimate of drug-likeness (QED) is 0.639. The maximum Gasteiger partial charge on any atom is 0.0463 e. The van der Waals surface area contributed by atoms with Crippen molar-refractivity contribution < 1.29 is 0 Å². The highest BCUT2D eigenvalue weighted by Gasteiger charge is 2.13. The van der Waals surface area contributed by atoms with E-state index in [9.17, 15) is 0 Å². The first kappa shape index (κ1) is 13.7. The van der Waals surface area contributed by atoms with Gasteiger partial charge in [0.15, 0.2) is 0 Å². The van der Waals surface area contributed by atoms with Crippen LogP contribution in [0, 0.1) is 12.8 Å². The Morgan fingerprint density at radius 1 is 1.31 bits per heavy atom. The molecule has 1 aromatic rings. The Balaban J connectivity index is 2.81. The van der Waals surface area contributed by atoms with E-state index in [1.807, 2.05) is 0 Å². The van der Waals surface area contributed by atoms with Crippen molar-refractivity contribution in [2.24, 2.45) is 11.8 Å². The van der Waals surface area contributed by atoms with Crippen LogP contribution in [0.1, 0.15) is 43.9 Å². The van der Waals surface area contributed by atoms with Gasteiger partial charge < -0.3 is 0 Å². The van der Waals surface area contributed by atoms with Crippen LogP contribution in [0.3, 0.4) is 0 Å². The third-order valence-electron chi connectivity index (χ3n) is 2.85. The summed E-state index contributed by atoms with van der Waals surface area (Å²) in [6, 6.07) is 6.59. The smallest absolute Gasteiger partial charge is 0.0463 e. The second-order valence-corrected chi connectivity index (χ2v) is 5.61. The van der Waals surface area contributed by atoms with Gasteiger partial charge >= 0.3 is 0 Å². The predicted molar refractivity (Wildman–Crippen MR) is 73.0 cm³/mol. The third-order valence-corrected chi connectivity index (χ3v) is 3.34. The van der Waals surface area contributed by atoms with Crippen molar-refractivity contribution in [1.29, 1.82) is 0 Å². The normalized spacial score (nSPS) is 13.1. The first-order valence-corrected chi connectivity index (χ1v) is 6.56. The molecule has 16 heavy (non-hydrogen) atoms. The van der Waals surface area contributed by atoms with Crippen LogP contribution in [-0.4, -0.2) is 0 Å². The summed E-state index contributed by atoms with van der Waals surface area (Å²) in [4.78, 5) is 0. The lowest BCUT2D eigenvalue weighted by molar-refractivity contribution is 0.447. The average molecular weight is 285 g/mol. The summed E-state index contributed by atoms with van der Waals surface area (Å²) < 4.78 is 1.11. The molecule has 0 fully saturated rings. The monoisotopic (exact) mass is 284 g/mol. The number of rotatable bonds is 5. The molecule has 0 saturated heterocycles. The van der Waals surface area contributed by atoms with Gasteiger partial charge in [-0.15, -0.1) is 0 Å². The van der Waals surface area contributed by atoms with Crippen molar-refractivity contribution in [1.82, 2.24) is 5.43 Å². The molecule has 0 aliphatic heterocycles. The minimum atomic E-state index is 0.250. The summed E-state index contributed by atoms with van der Waals surface area (Å²) in [5.41, 5.74) is 5.50. The molecule has 0 spiro atoms. The molecule has 0 bridgehead atoms. The average Bonchev–Trinajstić information content (AvgIpc) is 2.23. The summed E-state index contributed by atoms with van der Waals surface area (Å²) in [5.74, 6) is 6.36. The van der Waals surface area contributed by atoms with Crippen molar-refractivity contribution in [2.45, 2.75) is 39.7 Å². The van der Waals surface area contributed by atoms with Gasteiger partial charge in [0.1, 0.15) is 0 Å². The van der Waals surface area contributed by atoms with E-state index in [2.05, 4.69) is 60.3 Å². The van der Waals surface area contributed by atoms with Crippen LogP contribution in [0.25, 0.3) is 0 Å². The number of hydrazine groups is 1. The molecule has 1 atom stereocenters. The van der Waals surface area contributed by atoms with Gasteiger partial charge in [0.25, 0.3) is 0 Å². The van der Waals surface area contributed by atoms with E-state index in [-0.39, 0.29) is 6.04 Å². The van der Waals surface area contributed by atoms with Crippen LogP contribution >= 0.6 is 15.9 Å². The summed E-state index contributed by atoms with van der Waals surface area (Å²) >= 11 is 3.51. The Hall–Kier alpha value is -0.380. The molecular formula is C13H21BrN2. The number of hydrogen-bond acceptors (Lipinski definition) is 2. The third kappa shape index (κ3) is 3.89. The van der Waals surface area contributed by atoms with Gasteiger partial charge in [0.2, 0.25) is 0 Å². The molecule has 0 heterocycles. The van der Waals surface area contributed by atoms with Gasteiger partial charge in [-0.1, -0.05) is 35.8 Å². The van der Waals surface area contributed by atoms with Gasteiger partial charge in [-0.05, 0) is 48.9 Å². The van der Waals surface area contributed by atoms with E-state index in [1.54, 1.807) is 0 Å². The first-order chi connectivity index (χ1) is 7.54. The molecule has 0 saturated carbocycles. The summed E-state index contributed by atoms with van der Waals surface area (Å²) in [7, 11) is 0. The van der Waals surface area contributed by atoms with Gasteiger partial charge in [0.05, 0.1) is 0 Å². The largest absolute Gasteiger partial charge is 0.271 e. The molecule has 1 unspecified atom stereocenters. The SMILES string of the molecule is Cc1ccc(Br)cc1C(CCC(C)C)NN. The molecule has 0 aliphatic carbocycles. The lowest BCUT2D eigenvalue weighted by Gasteiger charge is -2.19. The van der Waals surface area contributed by atoms with Crippen molar-refractivity contribution in [3.05, 3.63) is 33.8 Å². The standard InChI is InChI=1S/C13H21BrN2/c1-9(2)4-7-13(16-15)12-8-11(14)6-5-10(12)3/h5-6,8-9,13,16H,4,7,15H2,1-3H3. The van der Waals surface area contributed by atoms with Gasteiger partial charge in [-0.3, -0.25) is 11.3 Å². The van der Waals surface area contributed by atoms with E-state index in [0.29, 0.717) is 5.92 Å². The fourth-order valence-corrected chi connectivity index (χ4v) is 2.19. The van der Waals surface area contributed by atoms with E-state index in [1.165, 1.54) is 17.5 Å². The van der Waals surface area contributed by atoms with E-state index < -0.39 is 0 Å². The molecule has 1 aromatic carbocycles. The number of halogens is 1. The Bertz CT molecular complexity index is 337. The lowest BCUT2D eigenvalue weighted by Crippen LogP contribution is -2.28. The maximum atomic E-state index is 5.64. The highest BCUT2D eigenvalue weighted by Crippen LogP contribution is 2.26. The molecule has 3 heteroatoms. The van der Waals surface area contributed by atoms with Gasteiger partial charge in [0, 0.05) is 10.5 Å². The molecule has 90 valence electrons.